The summed E-state index contributed by atoms with van der Waals surface area (Å²) in [5.41, 5.74) is -1.53. The summed E-state index contributed by atoms with van der Waals surface area (Å²) in [5.74, 6) is 9.65. The third-order valence-electron chi connectivity index (χ3n) is 2.55. The number of aliphatic hydroxyl groups excluding tert-OH is 1. The number of carbonyl (C=O) groups is 1. The Bertz CT molecular complexity index is 505. The molecule has 0 saturated carbocycles. The van der Waals surface area contributed by atoms with Gasteiger partial charge in [0.15, 0.2) is 5.60 Å². The van der Waals surface area contributed by atoms with Crippen LogP contribution in [0, 0.1) is 23.7 Å². The molecule has 0 aliphatic heterocycles. The van der Waals surface area contributed by atoms with Crippen molar-refractivity contribution in [1.29, 1.82) is 0 Å². The number of hydrogen-bond acceptors (Lipinski definition) is 3. The lowest BCUT2D eigenvalue weighted by Crippen LogP contribution is -2.42. The lowest BCUT2D eigenvalue weighted by molar-refractivity contribution is -0.130. The molecule has 2 atom stereocenters. The molecule has 0 saturated heterocycles. The fourth-order valence-corrected chi connectivity index (χ4v) is 1.69. The van der Waals surface area contributed by atoms with Gasteiger partial charge in [-0.3, -0.25) is 4.79 Å². The highest BCUT2D eigenvalue weighted by Crippen LogP contribution is 2.26. The van der Waals surface area contributed by atoms with E-state index < -0.39 is 17.5 Å². The maximum absolute atomic E-state index is 11.9. The smallest absolute Gasteiger partial charge is 0.206 e. The third-order valence-corrected chi connectivity index (χ3v) is 2.55. The highest BCUT2D eigenvalue weighted by atomic mass is 16.3. The van der Waals surface area contributed by atoms with Crippen molar-refractivity contribution in [2.75, 3.05) is 0 Å². The molecular formula is C13H10O3. The Hall–Kier alpha value is -1.81. The summed E-state index contributed by atoms with van der Waals surface area (Å²) >= 11 is 0. The summed E-state index contributed by atoms with van der Waals surface area (Å²) in [6.45, 7) is 0. The molecule has 2 bridgehead atoms. The molecule has 0 radical (unpaired) electrons. The monoisotopic (exact) mass is 214 g/mol. The van der Waals surface area contributed by atoms with Gasteiger partial charge in [0, 0.05) is 5.57 Å². The molecule has 2 rings (SSSR count). The van der Waals surface area contributed by atoms with Crippen molar-refractivity contribution in [2.24, 2.45) is 0 Å². The molecule has 0 aromatic carbocycles. The van der Waals surface area contributed by atoms with Crippen LogP contribution < -0.4 is 0 Å². The van der Waals surface area contributed by atoms with Crippen molar-refractivity contribution in [2.45, 2.75) is 24.5 Å². The van der Waals surface area contributed by atoms with Crippen LogP contribution in [0.25, 0.3) is 0 Å². The van der Waals surface area contributed by atoms with Gasteiger partial charge in [-0.25, -0.2) is 0 Å². The zero-order chi connectivity index (χ0) is 11.6. The van der Waals surface area contributed by atoms with Crippen LogP contribution >= 0.6 is 0 Å². The number of hydrogen-bond donors (Lipinski definition) is 2. The molecule has 0 aromatic rings. The number of allylic oxidation sites excluding steroid dienone is 3. The van der Waals surface area contributed by atoms with E-state index in [1.807, 2.05) is 0 Å². The van der Waals surface area contributed by atoms with Gasteiger partial charge < -0.3 is 10.2 Å². The number of carbonyl (C=O) groups excluding carboxylic acids is 1. The highest BCUT2D eigenvalue weighted by Gasteiger charge is 2.40. The quantitative estimate of drug-likeness (QED) is 0.556. The molecule has 2 aliphatic rings. The first-order valence-electron chi connectivity index (χ1n) is 4.97. The minimum atomic E-state index is -1.67. The van der Waals surface area contributed by atoms with Gasteiger partial charge in [-0.05, 0) is 25.0 Å². The van der Waals surface area contributed by atoms with E-state index in [0.29, 0.717) is 6.42 Å². The number of fused-ring (bicyclic) bond motifs is 2. The van der Waals surface area contributed by atoms with Crippen LogP contribution in [0.4, 0.5) is 0 Å². The Morgan fingerprint density at radius 3 is 2.94 bits per heavy atom. The Labute approximate surface area is 93.5 Å². The summed E-state index contributed by atoms with van der Waals surface area (Å²) in [6, 6.07) is 0. The topological polar surface area (TPSA) is 57.5 Å². The molecule has 16 heavy (non-hydrogen) atoms. The van der Waals surface area contributed by atoms with Crippen molar-refractivity contribution >= 4 is 5.78 Å². The summed E-state index contributed by atoms with van der Waals surface area (Å²) in [5, 5.41) is 19.7. The van der Waals surface area contributed by atoms with E-state index in [4.69, 9.17) is 0 Å². The van der Waals surface area contributed by atoms with Gasteiger partial charge in [0.1, 0.15) is 6.10 Å². The molecule has 80 valence electrons. The normalized spacial score (nSPS) is 33.8. The predicted octanol–water partition coefficient (Wildman–Crippen LogP) is -0.0557. The molecular weight excluding hydrogens is 204 g/mol. The first kappa shape index (κ1) is 10.7. The lowest BCUT2D eigenvalue weighted by atomic mass is 9.81. The number of ketones is 1. The molecule has 0 fully saturated rings. The van der Waals surface area contributed by atoms with Gasteiger partial charge in [-0.1, -0.05) is 29.8 Å². The summed E-state index contributed by atoms with van der Waals surface area (Å²) in [4.78, 5) is 11.9. The summed E-state index contributed by atoms with van der Waals surface area (Å²) in [7, 11) is 0. The average molecular weight is 214 g/mol. The van der Waals surface area contributed by atoms with Crippen molar-refractivity contribution in [3.8, 4) is 23.7 Å². The molecule has 0 amide bonds. The van der Waals surface area contributed by atoms with E-state index in [1.165, 1.54) is 12.2 Å². The molecule has 3 heteroatoms. The van der Waals surface area contributed by atoms with E-state index in [-0.39, 0.29) is 12.0 Å². The fraction of sp³-hybridized carbons (Fsp3) is 0.308. The van der Waals surface area contributed by atoms with Crippen LogP contribution in [-0.2, 0) is 4.79 Å². The molecule has 0 spiro atoms. The highest BCUT2D eigenvalue weighted by molar-refractivity contribution is 6.06. The number of aliphatic hydroxyl groups is 2. The predicted molar refractivity (Wildman–Crippen MR) is 58.0 cm³/mol. The molecule has 0 aromatic heterocycles. The van der Waals surface area contributed by atoms with E-state index >= 15 is 0 Å². The second-order valence-corrected chi connectivity index (χ2v) is 3.68. The maximum Gasteiger partial charge on any atom is 0.206 e. The number of rotatable bonds is 0. The van der Waals surface area contributed by atoms with Gasteiger partial charge in [-0.2, -0.15) is 0 Å². The van der Waals surface area contributed by atoms with Crippen LogP contribution in [0.5, 0.6) is 0 Å². The largest absolute Gasteiger partial charge is 0.376 e. The van der Waals surface area contributed by atoms with Gasteiger partial charge in [0.05, 0.1) is 0 Å². The number of Topliss-reactive ketones (excluding diaryl/α,β-unsaturated/α-hetero) is 1. The summed E-state index contributed by atoms with van der Waals surface area (Å²) in [6.07, 6.45) is 4.16. The maximum atomic E-state index is 11.9. The molecule has 2 unspecified atom stereocenters. The second-order valence-electron chi connectivity index (χ2n) is 3.68. The molecule has 2 N–H and O–H groups in total. The average Bonchev–Trinajstić information content (AvgIpc) is 2.25. The van der Waals surface area contributed by atoms with Crippen molar-refractivity contribution in [3.63, 3.8) is 0 Å². The minimum absolute atomic E-state index is 0.144. The zero-order valence-electron chi connectivity index (χ0n) is 8.53. The molecule has 3 nitrogen and oxygen atoms in total. The van der Waals surface area contributed by atoms with Gasteiger partial charge in [0.2, 0.25) is 5.78 Å². The van der Waals surface area contributed by atoms with Crippen LogP contribution in [0.1, 0.15) is 12.8 Å². The van der Waals surface area contributed by atoms with Gasteiger partial charge in [0.25, 0.3) is 0 Å². The van der Waals surface area contributed by atoms with E-state index in [9.17, 15) is 15.0 Å². The van der Waals surface area contributed by atoms with Crippen LogP contribution in [0.3, 0.4) is 0 Å². The van der Waals surface area contributed by atoms with Crippen molar-refractivity contribution in [1.82, 2.24) is 0 Å². The van der Waals surface area contributed by atoms with Crippen LogP contribution in [-0.4, -0.2) is 27.7 Å². The standard InChI is InChI=1S/C13H10O3/c14-11-7-3-1-2-4-8-13(16)9-5-6-10(11)12(13)15/h1-2,6,11,14,16H,5,9H2/b2-1-. The van der Waals surface area contributed by atoms with Crippen molar-refractivity contribution < 1.29 is 15.0 Å². The van der Waals surface area contributed by atoms with Gasteiger partial charge in [-0.15, -0.1) is 0 Å². The molecule has 2 aliphatic carbocycles. The molecule has 0 heterocycles. The van der Waals surface area contributed by atoms with E-state index in [0.717, 1.165) is 0 Å². The first-order valence-corrected chi connectivity index (χ1v) is 4.97. The lowest BCUT2D eigenvalue weighted by Gasteiger charge is -2.26. The Morgan fingerprint density at radius 2 is 2.12 bits per heavy atom. The van der Waals surface area contributed by atoms with Gasteiger partial charge >= 0.3 is 0 Å². The minimum Gasteiger partial charge on any atom is -0.376 e. The zero-order valence-corrected chi connectivity index (χ0v) is 8.53. The van der Waals surface area contributed by atoms with Crippen molar-refractivity contribution in [3.05, 3.63) is 23.8 Å². The Balaban J connectivity index is 2.53. The van der Waals surface area contributed by atoms with Crippen LogP contribution in [0.2, 0.25) is 0 Å². The van der Waals surface area contributed by atoms with E-state index in [2.05, 4.69) is 23.7 Å². The first-order chi connectivity index (χ1) is 7.63. The third kappa shape index (κ3) is 1.79. The van der Waals surface area contributed by atoms with Crippen LogP contribution in [0.15, 0.2) is 23.8 Å². The Morgan fingerprint density at radius 1 is 1.38 bits per heavy atom. The SMILES string of the molecule is O=C1C2=CCCC1(O)C#C/C=C\C#CC2O. The Kier molecular flexibility index (Phi) is 2.66. The van der Waals surface area contributed by atoms with E-state index in [1.54, 1.807) is 6.08 Å². The summed E-state index contributed by atoms with van der Waals surface area (Å²) < 4.78 is 0. The fourth-order valence-electron chi connectivity index (χ4n) is 1.69. The second kappa shape index (κ2) is 3.98.